The van der Waals surface area contributed by atoms with Gasteiger partial charge in [0.15, 0.2) is 6.10 Å². The first-order valence-electron chi connectivity index (χ1n) is 9.30. The van der Waals surface area contributed by atoms with E-state index in [4.69, 9.17) is 0 Å². The Balaban J connectivity index is 1.79. The number of nitrogens with zero attached hydrogens (tertiary/aromatic N) is 2. The Labute approximate surface area is 155 Å². The van der Waals surface area contributed by atoms with Gasteiger partial charge in [0, 0.05) is 6.42 Å². The van der Waals surface area contributed by atoms with Crippen LogP contribution in [0.3, 0.4) is 0 Å². The molecule has 0 fully saturated rings. The van der Waals surface area contributed by atoms with Gasteiger partial charge in [0.1, 0.15) is 5.41 Å². The van der Waals surface area contributed by atoms with Crippen LogP contribution in [0, 0.1) is 23.3 Å². The van der Waals surface area contributed by atoms with E-state index >= 15 is 0 Å². The molecule has 0 bridgehead atoms. The van der Waals surface area contributed by atoms with Crippen LogP contribution in [0.4, 0.5) is 0 Å². The molecule has 1 aliphatic rings. The highest BCUT2D eigenvalue weighted by Gasteiger charge is 2.36. The quantitative estimate of drug-likeness (QED) is 0.735. The Morgan fingerprint density at radius 2 is 1.73 bits per heavy atom. The van der Waals surface area contributed by atoms with Gasteiger partial charge in [-0.1, -0.05) is 72.4 Å². The van der Waals surface area contributed by atoms with Crippen LogP contribution >= 0.6 is 0 Å². The fraction of sp³-hybridized carbons (Fsp3) is 0.391. The summed E-state index contributed by atoms with van der Waals surface area (Å²) < 4.78 is 0. The minimum atomic E-state index is -0.638. The molecule has 1 N–H and O–H groups in total. The monoisotopic (exact) mass is 345 g/mol. The summed E-state index contributed by atoms with van der Waals surface area (Å²) in [6.07, 6.45) is 2.78. The van der Waals surface area contributed by atoms with Gasteiger partial charge in [0.25, 0.3) is 6.04 Å². The molecule has 3 atom stereocenters. The zero-order chi connectivity index (χ0) is 18.4. The van der Waals surface area contributed by atoms with E-state index in [0.29, 0.717) is 12.3 Å². The zero-order valence-electron chi connectivity index (χ0n) is 15.2. The molecule has 0 saturated carbocycles. The van der Waals surface area contributed by atoms with E-state index in [9.17, 15) is 10.4 Å². The minimum Gasteiger partial charge on any atom is -0.374 e. The van der Waals surface area contributed by atoms with Crippen LogP contribution in [0.5, 0.6) is 0 Å². The molecular formula is C23H25N2O+. The summed E-state index contributed by atoms with van der Waals surface area (Å²) in [4.78, 5) is 4.27. The van der Waals surface area contributed by atoms with E-state index in [2.05, 4.69) is 23.9 Å². The van der Waals surface area contributed by atoms with Crippen molar-refractivity contribution < 1.29 is 5.11 Å². The molecule has 132 valence electrons. The van der Waals surface area contributed by atoms with Crippen molar-refractivity contribution in [2.24, 2.45) is 5.92 Å². The molecule has 2 aromatic rings. The van der Waals surface area contributed by atoms with Gasteiger partial charge < -0.3 is 5.11 Å². The van der Waals surface area contributed by atoms with Gasteiger partial charge in [-0.3, -0.25) is 0 Å². The van der Waals surface area contributed by atoms with Crippen LogP contribution < -0.4 is 0 Å². The highest BCUT2D eigenvalue weighted by Crippen LogP contribution is 2.38. The third-order valence-electron chi connectivity index (χ3n) is 5.31. The van der Waals surface area contributed by atoms with Crippen LogP contribution in [-0.2, 0) is 5.41 Å². The summed E-state index contributed by atoms with van der Waals surface area (Å²) >= 11 is 0. The molecule has 1 heterocycles. The first-order chi connectivity index (χ1) is 12.6. The predicted octanol–water partition coefficient (Wildman–Crippen LogP) is 4.77. The number of aliphatic hydroxyl groups excluding tert-OH is 1. The summed E-state index contributed by atoms with van der Waals surface area (Å²) in [6.45, 7) is 2.21. The van der Waals surface area contributed by atoms with Crippen molar-refractivity contribution in [3.05, 3.63) is 76.6 Å². The van der Waals surface area contributed by atoms with Crippen LogP contribution in [0.1, 0.15) is 43.7 Å². The van der Waals surface area contributed by atoms with Gasteiger partial charge in [-0.05, 0) is 29.9 Å². The Bertz CT molecular complexity index is 775. The second-order valence-corrected chi connectivity index (χ2v) is 7.29. The number of nitriles is 1. The second-order valence-electron chi connectivity index (χ2n) is 7.29. The van der Waals surface area contributed by atoms with Crippen LogP contribution in [0.15, 0.2) is 60.7 Å². The van der Waals surface area contributed by atoms with Gasteiger partial charge in [0.2, 0.25) is 0 Å². The van der Waals surface area contributed by atoms with Gasteiger partial charge in [0.05, 0.1) is 12.5 Å². The van der Waals surface area contributed by atoms with Crippen molar-refractivity contribution in [3.8, 4) is 12.1 Å². The Kier molecular flexibility index (Phi) is 5.71. The first kappa shape index (κ1) is 18.2. The molecule has 0 spiro atoms. The molecule has 26 heavy (non-hydrogen) atoms. The summed E-state index contributed by atoms with van der Waals surface area (Å²) in [6, 6.07) is 25.7. The van der Waals surface area contributed by atoms with E-state index in [1.807, 2.05) is 60.7 Å². The Morgan fingerprint density at radius 3 is 2.19 bits per heavy atom. The van der Waals surface area contributed by atoms with Gasteiger partial charge in [-0.25, -0.2) is 0 Å². The number of benzene rings is 2. The lowest BCUT2D eigenvalue weighted by Crippen LogP contribution is -2.27. The highest BCUT2D eigenvalue weighted by atomic mass is 16.3. The third kappa shape index (κ3) is 3.96. The van der Waals surface area contributed by atoms with Crippen molar-refractivity contribution in [3.63, 3.8) is 0 Å². The second kappa shape index (κ2) is 8.17. The van der Waals surface area contributed by atoms with Crippen molar-refractivity contribution in [1.29, 1.82) is 5.26 Å². The number of hydrogen-bond acceptors (Lipinski definition) is 2. The summed E-state index contributed by atoms with van der Waals surface area (Å²) in [5.74, 6) is 0.427. The van der Waals surface area contributed by atoms with Crippen molar-refractivity contribution in [1.82, 2.24) is 0 Å². The van der Waals surface area contributed by atoms with Crippen LogP contribution in [-0.4, -0.2) is 17.3 Å². The number of hydrogen-bond donors (Lipinski definition) is 1. The molecule has 3 heteroatoms. The summed E-state index contributed by atoms with van der Waals surface area (Å²) in [7, 11) is 0. The zero-order valence-corrected chi connectivity index (χ0v) is 15.2. The number of aliphatic hydroxyl groups is 1. The summed E-state index contributed by atoms with van der Waals surface area (Å²) in [5, 5.41) is 19.8. The largest absolute Gasteiger partial charge is 0.374 e. The fourth-order valence-electron chi connectivity index (χ4n) is 3.83. The molecule has 0 saturated heterocycles. The van der Waals surface area contributed by atoms with E-state index in [0.717, 1.165) is 30.4 Å². The lowest BCUT2D eigenvalue weighted by Gasteiger charge is -2.29. The fourth-order valence-corrected chi connectivity index (χ4v) is 3.83. The maximum Gasteiger partial charge on any atom is 0.305 e. The van der Waals surface area contributed by atoms with E-state index in [1.54, 1.807) is 0 Å². The Morgan fingerprint density at radius 1 is 1.15 bits per heavy atom. The maximum atomic E-state index is 10.2. The molecule has 0 amide bonds. The molecule has 0 aromatic heterocycles. The van der Waals surface area contributed by atoms with Crippen molar-refractivity contribution >= 4 is 0 Å². The van der Waals surface area contributed by atoms with Crippen LogP contribution in [0.25, 0.3) is 4.85 Å². The molecule has 3 rings (SSSR count). The van der Waals surface area contributed by atoms with E-state index < -0.39 is 11.5 Å². The summed E-state index contributed by atoms with van der Waals surface area (Å²) in [5.41, 5.74) is 1.45. The maximum absolute atomic E-state index is 10.2. The molecular weight excluding hydrogens is 320 g/mol. The average Bonchev–Trinajstić information content (AvgIpc) is 3.09. The molecule has 0 radical (unpaired) electrons. The Hall–Kier alpha value is -2.62. The highest BCUT2D eigenvalue weighted by molar-refractivity contribution is 5.45. The standard InChI is InChI=1S/C23H25N2O/c1-18(14-21-15-22(26)16-25-21)12-13-23(17-24,19-8-4-2-5-9-19)20-10-6-3-7-11-20/h2-11,18,21-22,26H,12-15H2,1H3/q+1/t18?,21?,22-/m0/s1. The van der Waals surface area contributed by atoms with Gasteiger partial charge in [-0.2, -0.15) is 5.26 Å². The lowest BCUT2D eigenvalue weighted by atomic mass is 9.71. The predicted molar refractivity (Wildman–Crippen MR) is 104 cm³/mol. The van der Waals surface area contributed by atoms with Crippen molar-refractivity contribution in [2.45, 2.75) is 50.2 Å². The first-order valence-corrected chi connectivity index (χ1v) is 9.30. The van der Waals surface area contributed by atoms with Crippen molar-refractivity contribution in [2.75, 3.05) is 0 Å². The van der Waals surface area contributed by atoms with E-state index in [1.165, 1.54) is 0 Å². The molecule has 3 nitrogen and oxygen atoms in total. The van der Waals surface area contributed by atoms with Gasteiger partial charge in [-0.15, -0.1) is 0 Å². The smallest absolute Gasteiger partial charge is 0.305 e. The lowest BCUT2D eigenvalue weighted by molar-refractivity contribution is 0.219. The molecule has 1 aliphatic heterocycles. The topological polar surface area (TPSA) is 48.4 Å². The van der Waals surface area contributed by atoms with E-state index in [-0.39, 0.29) is 6.04 Å². The van der Waals surface area contributed by atoms with Crippen LogP contribution in [0.2, 0.25) is 0 Å². The molecule has 2 unspecified atom stereocenters. The molecule has 2 aromatic carbocycles. The normalized spacial score (nSPS) is 20.0. The third-order valence-corrected chi connectivity index (χ3v) is 5.31. The average molecular weight is 345 g/mol. The SMILES string of the molecule is CC(CCC(C#N)(c1ccccc1)c1ccccc1)CC1C[C@H](O)C#[N+]1. The molecule has 0 aliphatic carbocycles. The number of rotatable bonds is 7. The minimum absolute atomic E-state index is 0.157. The van der Waals surface area contributed by atoms with Gasteiger partial charge >= 0.3 is 6.07 Å².